The minimum absolute atomic E-state index is 0.0477. The second kappa shape index (κ2) is 5.75. The van der Waals surface area contributed by atoms with Gasteiger partial charge >= 0.3 is 0 Å². The zero-order valence-corrected chi connectivity index (χ0v) is 11.3. The molecule has 1 unspecified atom stereocenters. The van der Waals surface area contributed by atoms with Gasteiger partial charge in [0.15, 0.2) is 0 Å². The highest BCUT2D eigenvalue weighted by Crippen LogP contribution is 2.20. The van der Waals surface area contributed by atoms with Crippen molar-refractivity contribution in [3.63, 3.8) is 0 Å². The fraction of sp³-hybridized carbons (Fsp3) is 0.286. The van der Waals surface area contributed by atoms with Crippen LogP contribution in [0.15, 0.2) is 53.9 Å². The van der Waals surface area contributed by atoms with E-state index >= 15 is 0 Å². The third kappa shape index (κ3) is 2.65. The minimum Gasteiger partial charge on any atom is -0.467 e. The maximum Gasteiger partial charge on any atom is 0.133 e. The number of aryl methyl sites for hydroxylation is 1. The molecule has 0 amide bonds. The predicted molar refractivity (Wildman–Crippen MR) is 74.0 cm³/mol. The van der Waals surface area contributed by atoms with Crippen molar-refractivity contribution < 1.29 is 4.42 Å². The van der Waals surface area contributed by atoms with Crippen LogP contribution in [0.5, 0.6) is 0 Å². The lowest BCUT2D eigenvalue weighted by atomic mass is 10.2. The molecule has 104 valence electrons. The third-order valence-corrected chi connectivity index (χ3v) is 3.22. The summed E-state index contributed by atoms with van der Waals surface area (Å²) in [7, 11) is 1.98. The molecular formula is C14H17N5O. The first kappa shape index (κ1) is 12.7. The lowest BCUT2D eigenvalue weighted by Gasteiger charge is -2.16. The summed E-state index contributed by atoms with van der Waals surface area (Å²) in [6, 6.07) is 3.81. The second-order valence-corrected chi connectivity index (χ2v) is 4.60. The minimum atomic E-state index is -0.0477. The fourth-order valence-electron chi connectivity index (χ4n) is 2.19. The molecule has 1 atom stereocenters. The van der Waals surface area contributed by atoms with E-state index in [1.54, 1.807) is 18.7 Å². The molecule has 0 aliphatic carbocycles. The summed E-state index contributed by atoms with van der Waals surface area (Å²) in [5, 5.41) is 3.48. The van der Waals surface area contributed by atoms with Gasteiger partial charge in [-0.05, 0) is 12.1 Å². The van der Waals surface area contributed by atoms with Crippen LogP contribution in [0.2, 0.25) is 0 Å². The normalized spacial score (nSPS) is 12.7. The van der Waals surface area contributed by atoms with Gasteiger partial charge in [0, 0.05) is 44.9 Å². The Bertz CT molecular complexity index is 626. The van der Waals surface area contributed by atoms with Crippen LogP contribution in [-0.2, 0) is 13.6 Å². The van der Waals surface area contributed by atoms with Gasteiger partial charge in [0.2, 0.25) is 0 Å². The van der Waals surface area contributed by atoms with E-state index in [2.05, 4.69) is 15.3 Å². The lowest BCUT2D eigenvalue weighted by Crippen LogP contribution is -2.27. The number of rotatable bonds is 6. The number of furan rings is 1. The average Bonchev–Trinajstić information content (AvgIpc) is 3.18. The first-order valence-corrected chi connectivity index (χ1v) is 6.54. The fourth-order valence-corrected chi connectivity index (χ4v) is 2.19. The Morgan fingerprint density at radius 2 is 2.30 bits per heavy atom. The van der Waals surface area contributed by atoms with Crippen molar-refractivity contribution in [3.8, 4) is 0 Å². The molecule has 1 N–H and O–H groups in total. The summed E-state index contributed by atoms with van der Waals surface area (Å²) in [4.78, 5) is 8.44. The van der Waals surface area contributed by atoms with Crippen LogP contribution in [0.4, 0.5) is 0 Å². The molecule has 6 heteroatoms. The van der Waals surface area contributed by atoms with E-state index in [0.717, 1.165) is 24.7 Å². The molecule has 0 bridgehead atoms. The van der Waals surface area contributed by atoms with Gasteiger partial charge in [0.05, 0.1) is 12.6 Å². The van der Waals surface area contributed by atoms with Gasteiger partial charge in [-0.25, -0.2) is 9.97 Å². The Kier molecular flexibility index (Phi) is 3.64. The lowest BCUT2D eigenvalue weighted by molar-refractivity contribution is 0.423. The first-order chi connectivity index (χ1) is 9.84. The Hall–Kier alpha value is -2.34. The summed E-state index contributed by atoms with van der Waals surface area (Å²) in [6.07, 6.45) is 11.0. The van der Waals surface area contributed by atoms with Gasteiger partial charge in [-0.2, -0.15) is 0 Å². The molecule has 0 fully saturated rings. The SMILES string of the molecule is Cn1ccnc1C(NCCn1ccnc1)c1ccco1. The van der Waals surface area contributed by atoms with Gasteiger partial charge in [0.1, 0.15) is 17.6 Å². The van der Waals surface area contributed by atoms with Crippen molar-refractivity contribution in [3.05, 3.63) is 61.1 Å². The average molecular weight is 271 g/mol. The summed E-state index contributed by atoms with van der Waals surface area (Å²) in [6.45, 7) is 1.65. The van der Waals surface area contributed by atoms with Crippen LogP contribution in [0.25, 0.3) is 0 Å². The van der Waals surface area contributed by atoms with Gasteiger partial charge in [-0.1, -0.05) is 0 Å². The summed E-state index contributed by atoms with van der Waals surface area (Å²) in [5.74, 6) is 1.80. The number of hydrogen-bond donors (Lipinski definition) is 1. The highest BCUT2D eigenvalue weighted by Gasteiger charge is 2.19. The molecular weight excluding hydrogens is 254 g/mol. The van der Waals surface area contributed by atoms with Gasteiger partial charge in [-0.15, -0.1) is 0 Å². The van der Waals surface area contributed by atoms with Gasteiger partial charge < -0.3 is 13.6 Å². The van der Waals surface area contributed by atoms with E-state index in [1.807, 2.05) is 47.0 Å². The zero-order valence-electron chi connectivity index (χ0n) is 11.3. The van der Waals surface area contributed by atoms with Crippen molar-refractivity contribution in [1.29, 1.82) is 0 Å². The largest absolute Gasteiger partial charge is 0.467 e. The molecule has 0 aliphatic heterocycles. The van der Waals surface area contributed by atoms with E-state index in [0.29, 0.717) is 0 Å². The van der Waals surface area contributed by atoms with Crippen molar-refractivity contribution in [2.75, 3.05) is 6.54 Å². The highest BCUT2D eigenvalue weighted by molar-refractivity contribution is 5.15. The smallest absolute Gasteiger partial charge is 0.133 e. The monoisotopic (exact) mass is 271 g/mol. The Balaban J connectivity index is 1.72. The van der Waals surface area contributed by atoms with Crippen molar-refractivity contribution >= 4 is 0 Å². The maximum atomic E-state index is 5.53. The molecule has 0 radical (unpaired) electrons. The molecule has 20 heavy (non-hydrogen) atoms. The van der Waals surface area contributed by atoms with Gasteiger partial charge in [-0.3, -0.25) is 5.32 Å². The quantitative estimate of drug-likeness (QED) is 0.739. The molecule has 0 aliphatic rings. The first-order valence-electron chi connectivity index (χ1n) is 6.54. The van der Waals surface area contributed by atoms with E-state index in [9.17, 15) is 0 Å². The molecule has 6 nitrogen and oxygen atoms in total. The number of aromatic nitrogens is 4. The van der Waals surface area contributed by atoms with E-state index in [-0.39, 0.29) is 6.04 Å². The standard InChI is InChI=1S/C14H17N5O/c1-18-7-5-17-14(18)13(12-3-2-10-20-12)16-6-9-19-8-4-15-11-19/h2-5,7-8,10-11,13,16H,6,9H2,1H3. The molecule has 0 spiro atoms. The van der Waals surface area contributed by atoms with Crippen molar-refractivity contribution in [1.82, 2.24) is 24.4 Å². The van der Waals surface area contributed by atoms with Crippen LogP contribution < -0.4 is 5.32 Å². The highest BCUT2D eigenvalue weighted by atomic mass is 16.3. The number of imidazole rings is 2. The van der Waals surface area contributed by atoms with E-state index in [1.165, 1.54) is 0 Å². The number of hydrogen-bond acceptors (Lipinski definition) is 4. The Morgan fingerprint density at radius 1 is 1.35 bits per heavy atom. The third-order valence-electron chi connectivity index (χ3n) is 3.22. The molecule has 3 aromatic rings. The van der Waals surface area contributed by atoms with E-state index < -0.39 is 0 Å². The maximum absolute atomic E-state index is 5.53. The molecule has 3 rings (SSSR count). The van der Waals surface area contributed by atoms with Crippen LogP contribution in [0.3, 0.4) is 0 Å². The van der Waals surface area contributed by atoms with Crippen molar-refractivity contribution in [2.45, 2.75) is 12.6 Å². The van der Waals surface area contributed by atoms with E-state index in [4.69, 9.17) is 4.42 Å². The molecule has 3 heterocycles. The van der Waals surface area contributed by atoms with Crippen LogP contribution in [0.1, 0.15) is 17.6 Å². The van der Waals surface area contributed by atoms with Gasteiger partial charge in [0.25, 0.3) is 0 Å². The van der Waals surface area contributed by atoms with Crippen LogP contribution >= 0.6 is 0 Å². The Morgan fingerprint density at radius 3 is 2.95 bits per heavy atom. The molecule has 3 aromatic heterocycles. The molecule has 0 saturated heterocycles. The topological polar surface area (TPSA) is 60.8 Å². The second-order valence-electron chi connectivity index (χ2n) is 4.60. The van der Waals surface area contributed by atoms with Crippen molar-refractivity contribution in [2.24, 2.45) is 7.05 Å². The summed E-state index contributed by atoms with van der Waals surface area (Å²) in [5.41, 5.74) is 0. The Labute approximate surface area is 117 Å². The van der Waals surface area contributed by atoms with Crippen LogP contribution in [-0.4, -0.2) is 25.6 Å². The predicted octanol–water partition coefficient (Wildman–Crippen LogP) is 1.59. The number of nitrogens with zero attached hydrogens (tertiary/aromatic N) is 4. The van der Waals surface area contributed by atoms with Crippen LogP contribution in [0, 0.1) is 0 Å². The molecule has 0 saturated carbocycles. The summed E-state index contributed by atoms with van der Waals surface area (Å²) >= 11 is 0. The zero-order chi connectivity index (χ0) is 13.8. The summed E-state index contributed by atoms with van der Waals surface area (Å²) < 4.78 is 9.56. The number of nitrogens with one attached hydrogen (secondary N) is 1. The molecule has 0 aromatic carbocycles.